The molecule has 2 N–H and O–H groups in total. The van der Waals surface area contributed by atoms with Crippen molar-refractivity contribution < 1.29 is 22.8 Å². The maximum absolute atomic E-state index is 13.5. The largest absolute Gasteiger partial charge is 0.461 e. The Bertz CT molecular complexity index is 1610. The number of likely N-dealkylation sites (tertiary alicyclic amines) is 1. The van der Waals surface area contributed by atoms with Crippen LogP contribution in [0, 0.1) is 0 Å². The summed E-state index contributed by atoms with van der Waals surface area (Å²) in [7, 11) is 0. The highest BCUT2D eigenvalue weighted by Gasteiger charge is 2.36. The minimum absolute atomic E-state index is 0.0116. The average molecular weight is 557 g/mol. The predicted molar refractivity (Wildman–Crippen MR) is 153 cm³/mol. The van der Waals surface area contributed by atoms with Crippen molar-refractivity contribution in [1.82, 2.24) is 14.9 Å². The summed E-state index contributed by atoms with van der Waals surface area (Å²) >= 11 is 0. The van der Waals surface area contributed by atoms with Crippen molar-refractivity contribution in [3.8, 4) is 11.3 Å². The van der Waals surface area contributed by atoms with Gasteiger partial charge in [0.2, 0.25) is 0 Å². The number of benzene rings is 1. The molecule has 3 aromatic heterocycles. The van der Waals surface area contributed by atoms with Crippen LogP contribution in [0.3, 0.4) is 0 Å². The number of hydrogen-bond acceptors (Lipinski definition) is 6. The highest BCUT2D eigenvalue weighted by Crippen LogP contribution is 2.45. The fraction of sp³-hybridized carbons (Fsp3) is 0.312. The molecule has 9 heteroatoms. The molecule has 1 aliphatic heterocycles. The topological polar surface area (TPSA) is 102 Å². The van der Waals surface area contributed by atoms with Gasteiger partial charge in [0.25, 0.3) is 11.8 Å². The third kappa shape index (κ3) is 6.19. The fourth-order valence-corrected chi connectivity index (χ4v) is 5.15. The molecule has 0 unspecified atom stereocenters. The zero-order chi connectivity index (χ0) is 28.6. The number of carbonyl (C=O) groups is 2. The van der Waals surface area contributed by atoms with Gasteiger partial charge in [-0.05, 0) is 84.5 Å². The Kier molecular flexibility index (Phi) is 7.11. The van der Waals surface area contributed by atoms with E-state index in [4.69, 9.17) is 10.2 Å². The Balaban J connectivity index is 1.16. The van der Waals surface area contributed by atoms with Crippen molar-refractivity contribution in [3.63, 3.8) is 0 Å². The molecule has 1 amide bonds. The highest BCUT2D eigenvalue weighted by molar-refractivity contribution is 5.95. The summed E-state index contributed by atoms with van der Waals surface area (Å²) in [5.41, 5.74) is 10.4. The monoisotopic (exact) mass is 556 g/mol. The molecular weight excluding hydrogens is 526 g/mol. The van der Waals surface area contributed by atoms with Gasteiger partial charge in [-0.3, -0.25) is 14.6 Å². The number of carbonyl (C=O) groups excluding carboxylic acids is 2. The maximum atomic E-state index is 13.5. The summed E-state index contributed by atoms with van der Waals surface area (Å²) in [5, 5.41) is 0.950. The molecule has 4 aromatic rings. The van der Waals surface area contributed by atoms with Gasteiger partial charge in [-0.1, -0.05) is 0 Å². The number of aromatic nitrogens is 2. The molecular formula is C32H30F2N4O3. The first kappa shape index (κ1) is 26.8. The van der Waals surface area contributed by atoms with Crippen LogP contribution in [0.1, 0.15) is 65.3 Å². The molecule has 4 heterocycles. The molecule has 1 saturated heterocycles. The van der Waals surface area contributed by atoms with Crippen molar-refractivity contribution in [3.05, 3.63) is 83.4 Å². The number of piperidine rings is 1. The van der Waals surface area contributed by atoms with Crippen molar-refractivity contribution in [2.75, 3.05) is 18.8 Å². The van der Waals surface area contributed by atoms with Gasteiger partial charge in [0.15, 0.2) is 5.78 Å². The second-order valence-corrected chi connectivity index (χ2v) is 10.9. The van der Waals surface area contributed by atoms with Gasteiger partial charge < -0.3 is 15.1 Å². The van der Waals surface area contributed by atoms with Crippen LogP contribution in [0.2, 0.25) is 0 Å². The van der Waals surface area contributed by atoms with Gasteiger partial charge in [-0.25, -0.2) is 13.8 Å². The first-order chi connectivity index (χ1) is 19.7. The molecule has 2 aliphatic rings. The third-order valence-corrected chi connectivity index (χ3v) is 7.69. The van der Waals surface area contributed by atoms with E-state index < -0.39 is 5.92 Å². The van der Waals surface area contributed by atoms with Crippen LogP contribution in [-0.4, -0.2) is 45.6 Å². The van der Waals surface area contributed by atoms with Crippen LogP contribution in [-0.2, 0) is 11.2 Å². The summed E-state index contributed by atoms with van der Waals surface area (Å²) in [6, 6.07) is 13.1. The summed E-state index contributed by atoms with van der Waals surface area (Å²) in [4.78, 5) is 35.3. The summed E-state index contributed by atoms with van der Waals surface area (Å²) in [5.74, 6) is -1.39. The number of nitrogens with two attached hydrogens (primary N) is 1. The minimum Gasteiger partial charge on any atom is -0.461 e. The second-order valence-electron chi connectivity index (χ2n) is 10.9. The molecule has 0 radical (unpaired) electrons. The number of furan rings is 1. The molecule has 1 aromatic carbocycles. The van der Waals surface area contributed by atoms with E-state index in [1.165, 1.54) is 11.1 Å². The zero-order valence-corrected chi connectivity index (χ0v) is 22.5. The molecule has 6 rings (SSSR count). The Morgan fingerprint density at radius 2 is 1.85 bits per heavy atom. The van der Waals surface area contributed by atoms with Gasteiger partial charge in [-0.2, -0.15) is 0 Å². The zero-order valence-electron chi connectivity index (χ0n) is 22.5. The number of pyridine rings is 2. The number of halogens is 2. The first-order valence-electron chi connectivity index (χ1n) is 13.9. The average Bonchev–Trinajstić information content (AvgIpc) is 3.73. The van der Waals surface area contributed by atoms with E-state index in [1.807, 2.05) is 12.1 Å². The quantitative estimate of drug-likeness (QED) is 0.251. The fourth-order valence-electron chi connectivity index (χ4n) is 5.15. The van der Waals surface area contributed by atoms with Gasteiger partial charge in [0, 0.05) is 62.1 Å². The molecule has 0 atom stereocenters. The Hall–Kier alpha value is -4.40. The number of rotatable bonds is 8. The normalized spacial score (nSPS) is 16.9. The lowest BCUT2D eigenvalue weighted by Gasteiger charge is -2.31. The van der Waals surface area contributed by atoms with Gasteiger partial charge >= 0.3 is 0 Å². The number of ketones is 1. The number of nitrogens with zero attached hydrogens (tertiary/aromatic N) is 3. The Morgan fingerprint density at radius 3 is 2.54 bits per heavy atom. The Labute approximate surface area is 236 Å². The van der Waals surface area contributed by atoms with Gasteiger partial charge in [-0.15, -0.1) is 0 Å². The molecule has 41 heavy (non-hydrogen) atoms. The Morgan fingerprint density at radius 1 is 1.05 bits per heavy atom. The number of nitrogen functional groups attached to an aromatic ring is 1. The summed E-state index contributed by atoms with van der Waals surface area (Å²) < 4.78 is 33.2. The number of amides is 1. The second kappa shape index (κ2) is 10.9. The molecule has 0 spiro atoms. The highest BCUT2D eigenvalue weighted by atomic mass is 19.3. The van der Waals surface area contributed by atoms with E-state index in [0.717, 1.165) is 52.0 Å². The lowest BCUT2D eigenvalue weighted by atomic mass is 10.0. The van der Waals surface area contributed by atoms with Crippen molar-refractivity contribution in [2.45, 2.75) is 50.4 Å². The smallest absolute Gasteiger partial charge is 0.255 e. The molecule has 1 saturated carbocycles. The SMILES string of the molecule is Nc1ccc(/C=C/C(=O)CCc2cc3cc(-c4ccc(C(=O)N5CCC(F)(F)CC5)cn4)cc(C4CC4)c3o2)cn1. The predicted octanol–water partition coefficient (Wildman–Crippen LogP) is 6.44. The summed E-state index contributed by atoms with van der Waals surface area (Å²) in [6.07, 6.45) is 8.76. The van der Waals surface area contributed by atoms with Crippen LogP contribution < -0.4 is 5.73 Å². The molecule has 1 aliphatic carbocycles. The van der Waals surface area contributed by atoms with Crippen LogP contribution in [0.25, 0.3) is 28.3 Å². The number of anilines is 1. The van der Waals surface area contributed by atoms with Gasteiger partial charge in [0.1, 0.15) is 17.2 Å². The van der Waals surface area contributed by atoms with Crippen LogP contribution in [0.4, 0.5) is 14.6 Å². The van der Waals surface area contributed by atoms with E-state index >= 15 is 0 Å². The van der Waals surface area contributed by atoms with E-state index in [2.05, 4.69) is 16.0 Å². The molecule has 2 fully saturated rings. The van der Waals surface area contributed by atoms with Crippen molar-refractivity contribution in [1.29, 1.82) is 0 Å². The van der Waals surface area contributed by atoms with Crippen molar-refractivity contribution in [2.24, 2.45) is 0 Å². The minimum atomic E-state index is -2.70. The molecule has 0 bridgehead atoms. The van der Waals surface area contributed by atoms with Crippen LogP contribution in [0.5, 0.6) is 0 Å². The summed E-state index contributed by atoms with van der Waals surface area (Å²) in [6.45, 7) is 0.0829. The van der Waals surface area contributed by atoms with Crippen molar-refractivity contribution >= 4 is 34.6 Å². The molecule has 7 nitrogen and oxygen atoms in total. The first-order valence-corrected chi connectivity index (χ1v) is 13.9. The van der Waals surface area contributed by atoms with Crippen LogP contribution >= 0.6 is 0 Å². The number of alkyl halides is 2. The van der Waals surface area contributed by atoms with Gasteiger partial charge in [0.05, 0.1) is 11.3 Å². The lowest BCUT2D eigenvalue weighted by molar-refractivity contribution is -0.114. The number of aryl methyl sites for hydroxylation is 1. The van der Waals surface area contributed by atoms with E-state index in [0.29, 0.717) is 30.1 Å². The maximum Gasteiger partial charge on any atom is 0.255 e. The lowest BCUT2D eigenvalue weighted by Crippen LogP contribution is -2.42. The number of fused-ring (bicyclic) bond motifs is 1. The number of allylic oxidation sites excluding steroid dienone is 1. The van der Waals surface area contributed by atoms with E-state index in [1.54, 1.807) is 42.6 Å². The number of hydrogen-bond donors (Lipinski definition) is 1. The van der Waals surface area contributed by atoms with E-state index in [-0.39, 0.29) is 37.6 Å². The molecule has 210 valence electrons. The van der Waals surface area contributed by atoms with E-state index in [9.17, 15) is 18.4 Å². The van der Waals surface area contributed by atoms with Crippen LogP contribution in [0.15, 0.2) is 65.4 Å². The standard InChI is InChI=1S/C32H30F2N4O3/c33-32(34)11-13-38(14-12-32)31(40)22-5-9-28(36-19-22)23-15-24-16-26(41-30(24)27(17-23)21-3-4-21)8-7-25(39)6-1-20-2-10-29(35)37-18-20/h1-2,5-6,9-10,15-19,21H,3-4,7-8,11-14H2,(H2,35,37)/b6-1+. The third-order valence-electron chi connectivity index (χ3n) is 7.69.